The summed E-state index contributed by atoms with van der Waals surface area (Å²) >= 11 is 0. The molecule has 18 heavy (non-hydrogen) atoms. The molecule has 98 valence electrons. The van der Waals surface area contributed by atoms with Crippen LogP contribution in [-0.4, -0.2) is 60.4 Å². The van der Waals surface area contributed by atoms with Gasteiger partial charge in [0.2, 0.25) is 5.91 Å². The van der Waals surface area contributed by atoms with Crippen LogP contribution in [0.5, 0.6) is 0 Å². The minimum atomic E-state index is -0.960. The molecule has 6 heteroatoms. The summed E-state index contributed by atoms with van der Waals surface area (Å²) in [5, 5.41) is 9.25. The molecule has 0 aromatic heterocycles. The van der Waals surface area contributed by atoms with Crippen molar-refractivity contribution in [2.45, 2.75) is 11.7 Å². The van der Waals surface area contributed by atoms with Crippen LogP contribution in [0, 0.1) is 11.8 Å². The monoisotopic (exact) mass is 253 g/mol. The molecule has 2 bridgehead atoms. The van der Waals surface area contributed by atoms with Crippen molar-refractivity contribution in [3.63, 3.8) is 0 Å². The zero-order chi connectivity index (χ0) is 12.9. The second-order valence-corrected chi connectivity index (χ2v) is 4.99. The Labute approximate surface area is 104 Å². The first kappa shape index (κ1) is 11.7. The number of hydrogen-bond acceptors (Lipinski definition) is 4. The highest BCUT2D eigenvalue weighted by molar-refractivity contribution is 5.90. The number of ether oxygens (including phenoxy) is 2. The van der Waals surface area contributed by atoms with Crippen LogP contribution < -0.4 is 0 Å². The molecule has 3 aliphatic rings. The lowest BCUT2D eigenvalue weighted by Gasteiger charge is -2.21. The predicted molar refractivity (Wildman–Crippen MR) is 59.8 cm³/mol. The third-order valence-corrected chi connectivity index (χ3v) is 4.03. The van der Waals surface area contributed by atoms with Gasteiger partial charge < -0.3 is 19.5 Å². The lowest BCUT2D eigenvalue weighted by atomic mass is 9.77. The van der Waals surface area contributed by atoms with E-state index in [1.54, 1.807) is 18.1 Å². The summed E-state index contributed by atoms with van der Waals surface area (Å²) in [5.74, 6) is -2.43. The molecule has 3 heterocycles. The molecular formula is C12H15NO5. The van der Waals surface area contributed by atoms with E-state index in [0.29, 0.717) is 19.7 Å². The number of carbonyl (C=O) groups excluding carboxylic acids is 1. The Hall–Kier alpha value is -1.40. The summed E-state index contributed by atoms with van der Waals surface area (Å²) in [5.41, 5.74) is -0.724. The van der Waals surface area contributed by atoms with Crippen molar-refractivity contribution < 1.29 is 24.2 Å². The van der Waals surface area contributed by atoms with Crippen LogP contribution in [0.4, 0.5) is 0 Å². The van der Waals surface area contributed by atoms with Crippen molar-refractivity contribution in [1.29, 1.82) is 0 Å². The number of carboxylic acid groups (broad SMARTS) is 1. The molecule has 0 aliphatic carbocycles. The van der Waals surface area contributed by atoms with E-state index < -0.39 is 29.5 Å². The molecule has 3 aliphatic heterocycles. The van der Waals surface area contributed by atoms with E-state index in [-0.39, 0.29) is 5.91 Å². The Kier molecular flexibility index (Phi) is 2.46. The summed E-state index contributed by atoms with van der Waals surface area (Å²) in [6.45, 7) is 1.35. The molecule has 6 nitrogen and oxygen atoms in total. The number of carboxylic acids is 1. The number of rotatable bonds is 4. The molecule has 1 N–H and O–H groups in total. The molecule has 2 saturated heterocycles. The fourth-order valence-corrected chi connectivity index (χ4v) is 3.25. The number of nitrogens with zero attached hydrogens (tertiary/aromatic N) is 1. The summed E-state index contributed by atoms with van der Waals surface area (Å²) in [7, 11) is 1.57. The molecule has 1 amide bonds. The number of amides is 1. The van der Waals surface area contributed by atoms with Crippen molar-refractivity contribution in [2.75, 3.05) is 26.8 Å². The summed E-state index contributed by atoms with van der Waals surface area (Å²) in [6.07, 6.45) is 3.16. The highest BCUT2D eigenvalue weighted by Crippen LogP contribution is 2.51. The predicted octanol–water partition coefficient (Wildman–Crippen LogP) is -0.501. The number of carbonyl (C=O) groups is 2. The van der Waals surface area contributed by atoms with Gasteiger partial charge in [0.1, 0.15) is 11.5 Å². The maximum Gasteiger partial charge on any atom is 0.310 e. The van der Waals surface area contributed by atoms with Gasteiger partial charge in [-0.05, 0) is 0 Å². The minimum Gasteiger partial charge on any atom is -0.481 e. The fraction of sp³-hybridized carbons (Fsp3) is 0.667. The number of fused-ring (bicyclic) bond motifs is 1. The highest BCUT2D eigenvalue weighted by Gasteiger charge is 2.66. The molecular weight excluding hydrogens is 238 g/mol. The Bertz CT molecular complexity index is 434. The summed E-state index contributed by atoms with van der Waals surface area (Å²) < 4.78 is 10.7. The highest BCUT2D eigenvalue weighted by atomic mass is 16.5. The molecule has 4 atom stereocenters. The van der Waals surface area contributed by atoms with Crippen LogP contribution in [0.3, 0.4) is 0 Å². The standard InChI is InChI=1S/C12H15NO5/c1-17-5-4-13-6-12-3-2-7(18-12)8(11(15)16)9(12)10(13)14/h2-3,7-9H,4-6H2,1H3,(H,15,16)/t7-,8+,9+,12-/m1/s1. The SMILES string of the molecule is COCCN1C[C@@]23C=C[C@@H](O2)[C@H](C(=O)O)[C@H]3C1=O. The minimum absolute atomic E-state index is 0.133. The van der Waals surface area contributed by atoms with Gasteiger partial charge in [-0.1, -0.05) is 12.2 Å². The van der Waals surface area contributed by atoms with Gasteiger partial charge in [0.15, 0.2) is 0 Å². The van der Waals surface area contributed by atoms with Crippen LogP contribution in [0.1, 0.15) is 0 Å². The van der Waals surface area contributed by atoms with E-state index in [1.807, 2.05) is 6.08 Å². The summed E-state index contributed by atoms with van der Waals surface area (Å²) in [4.78, 5) is 25.2. The van der Waals surface area contributed by atoms with Crippen LogP contribution in [0.2, 0.25) is 0 Å². The Morgan fingerprint density at radius 3 is 3.17 bits per heavy atom. The van der Waals surface area contributed by atoms with E-state index in [9.17, 15) is 14.7 Å². The van der Waals surface area contributed by atoms with E-state index >= 15 is 0 Å². The largest absolute Gasteiger partial charge is 0.481 e. The smallest absolute Gasteiger partial charge is 0.310 e. The van der Waals surface area contributed by atoms with Gasteiger partial charge >= 0.3 is 5.97 Å². The first-order valence-corrected chi connectivity index (χ1v) is 5.97. The van der Waals surface area contributed by atoms with Crippen LogP contribution >= 0.6 is 0 Å². The average Bonchev–Trinajstić information content (AvgIpc) is 2.95. The zero-order valence-electron chi connectivity index (χ0n) is 10.0. The summed E-state index contributed by atoms with van der Waals surface area (Å²) in [6, 6.07) is 0. The van der Waals surface area contributed by atoms with Crippen LogP contribution in [-0.2, 0) is 19.1 Å². The van der Waals surface area contributed by atoms with E-state index in [4.69, 9.17) is 9.47 Å². The van der Waals surface area contributed by atoms with Crippen molar-refractivity contribution >= 4 is 11.9 Å². The second kappa shape index (κ2) is 3.80. The molecule has 0 aromatic carbocycles. The molecule has 3 rings (SSSR count). The molecule has 0 saturated carbocycles. The molecule has 0 aromatic rings. The van der Waals surface area contributed by atoms with Crippen LogP contribution in [0.15, 0.2) is 12.2 Å². The van der Waals surface area contributed by atoms with Crippen molar-refractivity contribution in [1.82, 2.24) is 4.90 Å². The topological polar surface area (TPSA) is 76.1 Å². The molecule has 2 fully saturated rings. The average molecular weight is 253 g/mol. The molecule has 0 radical (unpaired) electrons. The molecule has 0 unspecified atom stereocenters. The van der Waals surface area contributed by atoms with Gasteiger partial charge in [0.25, 0.3) is 0 Å². The number of methoxy groups -OCH3 is 1. The van der Waals surface area contributed by atoms with Crippen LogP contribution in [0.25, 0.3) is 0 Å². The van der Waals surface area contributed by atoms with Gasteiger partial charge in [0.05, 0.1) is 25.2 Å². The fourth-order valence-electron chi connectivity index (χ4n) is 3.25. The maximum atomic E-state index is 12.3. The lowest BCUT2D eigenvalue weighted by Crippen LogP contribution is -2.39. The van der Waals surface area contributed by atoms with Gasteiger partial charge in [-0.3, -0.25) is 9.59 Å². The molecule has 1 spiro atoms. The number of aliphatic carboxylic acids is 1. The normalized spacial score (nSPS) is 40.6. The first-order valence-electron chi connectivity index (χ1n) is 5.97. The Morgan fingerprint density at radius 2 is 2.50 bits per heavy atom. The number of hydrogen-bond donors (Lipinski definition) is 1. The van der Waals surface area contributed by atoms with Crippen molar-refractivity contribution in [2.24, 2.45) is 11.8 Å². The van der Waals surface area contributed by atoms with Gasteiger partial charge in [-0.2, -0.15) is 0 Å². The zero-order valence-corrected chi connectivity index (χ0v) is 10.0. The first-order chi connectivity index (χ1) is 8.59. The van der Waals surface area contributed by atoms with Gasteiger partial charge in [-0.25, -0.2) is 0 Å². The van der Waals surface area contributed by atoms with E-state index in [0.717, 1.165) is 0 Å². The lowest BCUT2D eigenvalue weighted by molar-refractivity contribution is -0.148. The maximum absolute atomic E-state index is 12.3. The third kappa shape index (κ3) is 1.36. The van der Waals surface area contributed by atoms with Crippen molar-refractivity contribution in [3.8, 4) is 0 Å². The Balaban J connectivity index is 1.87. The number of likely N-dealkylation sites (tertiary alicyclic amines) is 1. The van der Waals surface area contributed by atoms with Gasteiger partial charge in [0, 0.05) is 13.7 Å². The third-order valence-electron chi connectivity index (χ3n) is 4.03. The van der Waals surface area contributed by atoms with E-state index in [1.165, 1.54) is 0 Å². The quantitative estimate of drug-likeness (QED) is 0.683. The van der Waals surface area contributed by atoms with E-state index in [2.05, 4.69) is 0 Å². The van der Waals surface area contributed by atoms with Gasteiger partial charge in [-0.15, -0.1) is 0 Å². The van der Waals surface area contributed by atoms with Crippen molar-refractivity contribution in [3.05, 3.63) is 12.2 Å². The second-order valence-electron chi connectivity index (χ2n) is 4.99. The Morgan fingerprint density at radius 1 is 1.72 bits per heavy atom.